The van der Waals surface area contributed by atoms with Gasteiger partial charge in [0.2, 0.25) is 5.91 Å². The number of nitrogens with one attached hydrogen (secondary N) is 1. The van der Waals surface area contributed by atoms with Crippen molar-refractivity contribution in [3.8, 4) is 5.75 Å². The van der Waals surface area contributed by atoms with E-state index in [1.807, 2.05) is 89.8 Å². The van der Waals surface area contributed by atoms with Gasteiger partial charge in [0.05, 0.1) is 39.5 Å². The summed E-state index contributed by atoms with van der Waals surface area (Å²) in [5.74, 6) is 0.389. The van der Waals surface area contributed by atoms with Crippen molar-refractivity contribution in [1.82, 2.24) is 15.1 Å². The van der Waals surface area contributed by atoms with E-state index in [2.05, 4.69) is 44.9 Å². The minimum atomic E-state index is -1.19. The fourth-order valence-electron chi connectivity index (χ4n) is 6.96. The third-order valence-corrected chi connectivity index (χ3v) is 10.4. The average molecular weight is 746 g/mol. The molecule has 8 nitrogen and oxygen atoms in total. The fraction of sp³-hybridized carbons (Fsp3) is 0.316. The number of fused-ring (bicyclic) bond motifs is 1. The number of halogens is 1. The summed E-state index contributed by atoms with van der Waals surface area (Å²) in [4.78, 5) is 34.0. The summed E-state index contributed by atoms with van der Waals surface area (Å²) in [5, 5.41) is 13.2. The molecule has 9 heteroatoms. The minimum Gasteiger partial charge on any atom is -0.496 e. The number of nitrogens with zero attached hydrogens (tertiary/aromatic N) is 2. The topological polar surface area (TPSA) is 91.3 Å². The molecule has 2 N–H and O–H groups in total. The maximum absolute atomic E-state index is 15.2. The van der Waals surface area contributed by atoms with E-state index in [1.165, 1.54) is 0 Å². The zero-order chi connectivity index (χ0) is 32.8. The van der Waals surface area contributed by atoms with E-state index >= 15 is 4.79 Å². The Hall–Kier alpha value is -3.77. The molecule has 0 aromatic heterocycles. The van der Waals surface area contributed by atoms with Crippen molar-refractivity contribution < 1.29 is 24.2 Å². The van der Waals surface area contributed by atoms with Crippen LogP contribution in [0.5, 0.6) is 5.75 Å². The van der Waals surface area contributed by atoms with Crippen molar-refractivity contribution in [1.29, 1.82) is 0 Å². The molecule has 0 aliphatic carbocycles. The maximum atomic E-state index is 15.2. The number of carbonyl (C=O) groups excluding carboxylic acids is 2. The van der Waals surface area contributed by atoms with Crippen molar-refractivity contribution in [3.05, 3.63) is 134 Å². The summed E-state index contributed by atoms with van der Waals surface area (Å²) >= 11 is 2.34. The number of hydrogen-bond donors (Lipinski definition) is 2. The number of hydrogen-bond acceptors (Lipinski definition) is 6. The highest BCUT2D eigenvalue weighted by Gasteiger charge is 2.56. The number of carbonyl (C=O) groups is 2. The van der Waals surface area contributed by atoms with E-state index in [0.29, 0.717) is 49.6 Å². The van der Waals surface area contributed by atoms with Gasteiger partial charge in [0.15, 0.2) is 0 Å². The summed E-state index contributed by atoms with van der Waals surface area (Å²) in [6.07, 6.45) is 0.370. The summed E-state index contributed by atoms with van der Waals surface area (Å²) in [5.41, 5.74) is 3.46. The van der Waals surface area contributed by atoms with Gasteiger partial charge in [-0.25, -0.2) is 0 Å². The number of para-hydroxylation sites is 1. The Morgan fingerprint density at radius 3 is 2.36 bits per heavy atom. The third kappa shape index (κ3) is 6.80. The lowest BCUT2D eigenvalue weighted by atomic mass is 9.63. The predicted octanol–water partition coefficient (Wildman–Crippen LogP) is 5.12. The molecule has 4 aromatic rings. The standard InChI is InChI=1S/C38H40IN3O5/c1-46-34-13-7-3-9-30(34)25-42-35(28-16-14-27(26-43)15-17-28)38(24-29-8-2-6-12-33(29)39,32-11-5-4-10-31(32)36(42)44)37(45)40-18-19-41-20-22-47-23-21-41/h2-17,35,43H,18-26H2,1H3,(H,40,45)/t35-,38-/m0/s1. The zero-order valence-electron chi connectivity index (χ0n) is 26.5. The van der Waals surface area contributed by atoms with Crippen molar-refractivity contribution in [2.75, 3.05) is 46.5 Å². The highest BCUT2D eigenvalue weighted by molar-refractivity contribution is 14.1. The monoisotopic (exact) mass is 745 g/mol. The molecule has 2 aliphatic heterocycles. The molecule has 2 aliphatic rings. The van der Waals surface area contributed by atoms with Crippen molar-refractivity contribution in [3.63, 3.8) is 0 Å². The highest BCUT2D eigenvalue weighted by atomic mass is 127. The van der Waals surface area contributed by atoms with Gasteiger partial charge in [-0.2, -0.15) is 0 Å². The average Bonchev–Trinajstić information content (AvgIpc) is 3.12. The van der Waals surface area contributed by atoms with Crippen LogP contribution in [0.1, 0.15) is 44.2 Å². The van der Waals surface area contributed by atoms with E-state index in [9.17, 15) is 9.90 Å². The van der Waals surface area contributed by atoms with Gasteiger partial charge >= 0.3 is 0 Å². The molecule has 2 atom stereocenters. The second kappa shape index (κ2) is 15.0. The van der Waals surface area contributed by atoms with Crippen LogP contribution in [-0.4, -0.2) is 73.2 Å². The van der Waals surface area contributed by atoms with Gasteiger partial charge in [-0.3, -0.25) is 14.5 Å². The molecule has 0 unspecified atom stereocenters. The van der Waals surface area contributed by atoms with Crippen molar-refractivity contribution in [2.45, 2.75) is 31.0 Å². The van der Waals surface area contributed by atoms with Crippen LogP contribution in [0.25, 0.3) is 0 Å². The molecule has 244 valence electrons. The van der Waals surface area contributed by atoms with Crippen LogP contribution in [0.4, 0.5) is 0 Å². The predicted molar refractivity (Wildman–Crippen MR) is 189 cm³/mol. The quantitative estimate of drug-likeness (QED) is 0.208. The van der Waals surface area contributed by atoms with Gasteiger partial charge in [-0.05, 0) is 69.5 Å². The van der Waals surface area contributed by atoms with Crippen LogP contribution >= 0.6 is 22.6 Å². The van der Waals surface area contributed by atoms with E-state index in [-0.39, 0.29) is 25.0 Å². The molecule has 6 rings (SSSR count). The largest absolute Gasteiger partial charge is 0.496 e. The summed E-state index contributed by atoms with van der Waals surface area (Å²) < 4.78 is 12.3. The van der Waals surface area contributed by atoms with Crippen LogP contribution in [0, 0.1) is 3.57 Å². The fourth-order valence-corrected chi connectivity index (χ4v) is 7.54. The molecule has 2 heterocycles. The van der Waals surface area contributed by atoms with E-state index in [1.54, 1.807) is 7.11 Å². The lowest BCUT2D eigenvalue weighted by Gasteiger charge is -2.50. The number of methoxy groups -OCH3 is 1. The molecular weight excluding hydrogens is 705 g/mol. The molecule has 1 fully saturated rings. The zero-order valence-corrected chi connectivity index (χ0v) is 28.7. The highest BCUT2D eigenvalue weighted by Crippen LogP contribution is 2.50. The van der Waals surface area contributed by atoms with E-state index < -0.39 is 11.5 Å². The van der Waals surface area contributed by atoms with Crippen LogP contribution in [0.2, 0.25) is 0 Å². The smallest absolute Gasteiger partial charge is 0.255 e. The molecule has 4 aromatic carbocycles. The van der Waals surface area contributed by atoms with Gasteiger partial charge in [0.25, 0.3) is 5.91 Å². The molecule has 0 saturated carbocycles. The Morgan fingerprint density at radius 1 is 0.957 bits per heavy atom. The Kier molecular flexibility index (Phi) is 10.6. The molecule has 0 spiro atoms. The normalized spacial score (nSPS) is 19.7. The molecule has 2 amide bonds. The van der Waals surface area contributed by atoms with E-state index in [0.717, 1.165) is 38.9 Å². The first-order valence-corrected chi connectivity index (χ1v) is 17.1. The van der Waals surface area contributed by atoms with E-state index in [4.69, 9.17) is 9.47 Å². The summed E-state index contributed by atoms with van der Waals surface area (Å²) in [7, 11) is 1.63. The SMILES string of the molecule is COc1ccccc1CN1C(=O)c2ccccc2[C@](Cc2ccccc2I)(C(=O)NCCN2CCOCC2)[C@@H]1c1ccc(CO)cc1. The second-order valence-corrected chi connectivity index (χ2v) is 13.2. The van der Waals surface area contributed by atoms with Crippen molar-refractivity contribution in [2.24, 2.45) is 0 Å². The molecular formula is C38H40IN3O5. The van der Waals surface area contributed by atoms with Crippen LogP contribution < -0.4 is 10.1 Å². The van der Waals surface area contributed by atoms with Crippen LogP contribution in [0.3, 0.4) is 0 Å². The first-order valence-electron chi connectivity index (χ1n) is 16.0. The van der Waals surface area contributed by atoms with Crippen LogP contribution in [-0.2, 0) is 34.5 Å². The van der Waals surface area contributed by atoms with Gasteiger partial charge in [-0.1, -0.05) is 78.9 Å². The van der Waals surface area contributed by atoms with Crippen molar-refractivity contribution >= 4 is 34.4 Å². The van der Waals surface area contributed by atoms with Gasteiger partial charge in [0, 0.05) is 40.9 Å². The first kappa shape index (κ1) is 33.1. The lowest BCUT2D eigenvalue weighted by Crippen LogP contribution is -2.60. The Morgan fingerprint density at radius 2 is 1.64 bits per heavy atom. The van der Waals surface area contributed by atoms with Crippen LogP contribution in [0.15, 0.2) is 97.1 Å². The first-order chi connectivity index (χ1) is 23.0. The second-order valence-electron chi connectivity index (χ2n) is 12.0. The third-order valence-electron chi connectivity index (χ3n) is 9.34. The van der Waals surface area contributed by atoms with Gasteiger partial charge < -0.3 is 24.8 Å². The van der Waals surface area contributed by atoms with Gasteiger partial charge in [0.1, 0.15) is 11.2 Å². The number of rotatable bonds is 11. The number of aliphatic hydroxyl groups is 1. The summed E-state index contributed by atoms with van der Waals surface area (Å²) in [6.45, 7) is 4.32. The number of amides is 2. The number of benzene rings is 4. The Labute approximate surface area is 289 Å². The number of morpholine rings is 1. The van der Waals surface area contributed by atoms with Gasteiger partial charge in [-0.15, -0.1) is 0 Å². The molecule has 0 bridgehead atoms. The number of aliphatic hydroxyl groups excluding tert-OH is 1. The lowest BCUT2D eigenvalue weighted by molar-refractivity contribution is -0.130. The number of ether oxygens (including phenoxy) is 2. The maximum Gasteiger partial charge on any atom is 0.255 e. The minimum absolute atomic E-state index is 0.104. The molecule has 47 heavy (non-hydrogen) atoms. The Bertz CT molecular complexity index is 1710. The Balaban J connectivity index is 1.55. The summed E-state index contributed by atoms with van der Waals surface area (Å²) in [6, 6.07) is 30.3. The molecule has 1 saturated heterocycles. The molecule has 0 radical (unpaired) electrons.